The van der Waals surface area contributed by atoms with E-state index in [2.05, 4.69) is 19.2 Å². The van der Waals surface area contributed by atoms with Crippen LogP contribution in [0.4, 0.5) is 4.79 Å². The highest BCUT2D eigenvalue weighted by Crippen LogP contribution is 2.68. The minimum absolute atomic E-state index is 0.116. The first-order valence-corrected chi connectivity index (χ1v) is 14.2. The van der Waals surface area contributed by atoms with Crippen molar-refractivity contribution in [3.63, 3.8) is 0 Å². The summed E-state index contributed by atoms with van der Waals surface area (Å²) in [5.41, 5.74) is 7.68. The molecule has 0 saturated heterocycles. The van der Waals surface area contributed by atoms with Crippen molar-refractivity contribution in [2.45, 2.75) is 95.7 Å². The quantitative estimate of drug-likeness (QED) is 0.445. The highest BCUT2D eigenvalue weighted by molar-refractivity contribution is 5.72. The van der Waals surface area contributed by atoms with Crippen molar-refractivity contribution in [2.75, 3.05) is 6.61 Å². The van der Waals surface area contributed by atoms with Crippen LogP contribution in [-0.4, -0.2) is 46.6 Å². The van der Waals surface area contributed by atoms with Crippen molar-refractivity contribution < 1.29 is 24.5 Å². The van der Waals surface area contributed by atoms with Crippen molar-refractivity contribution in [3.05, 3.63) is 35.9 Å². The van der Waals surface area contributed by atoms with Gasteiger partial charge in [-0.25, -0.2) is 4.79 Å². The van der Waals surface area contributed by atoms with Gasteiger partial charge in [0, 0.05) is 5.54 Å². The Balaban J connectivity index is 1.21. The second-order valence-electron chi connectivity index (χ2n) is 12.9. The average Bonchev–Trinajstić information content (AvgIpc) is 3.15. The highest BCUT2D eigenvalue weighted by atomic mass is 16.6. The Kier molecular flexibility index (Phi) is 7.07. The van der Waals surface area contributed by atoms with Crippen molar-refractivity contribution in [3.8, 4) is 0 Å². The smallest absolute Gasteiger partial charge is 0.407 e. The van der Waals surface area contributed by atoms with E-state index in [0.29, 0.717) is 30.6 Å². The lowest BCUT2D eigenvalue weighted by atomic mass is 9.42. The number of nitrogens with two attached hydrogens (primary N) is 1. The maximum absolute atomic E-state index is 12.7. The second kappa shape index (κ2) is 9.88. The predicted molar refractivity (Wildman–Crippen MR) is 141 cm³/mol. The first kappa shape index (κ1) is 26.5. The number of amides is 1. The normalized spacial score (nSPS) is 41.6. The zero-order chi connectivity index (χ0) is 26.4. The fourth-order valence-electron chi connectivity index (χ4n) is 9.20. The van der Waals surface area contributed by atoms with E-state index in [-0.39, 0.29) is 35.5 Å². The molecule has 0 aromatic heterocycles. The largest absolute Gasteiger partial charge is 0.481 e. The molecule has 204 valence electrons. The molecule has 0 radical (unpaired) electrons. The molecule has 4 aliphatic rings. The summed E-state index contributed by atoms with van der Waals surface area (Å²) >= 11 is 0. The number of hydrogen-bond donors (Lipinski definition) is 4. The van der Waals surface area contributed by atoms with Crippen LogP contribution in [0.2, 0.25) is 0 Å². The molecule has 4 saturated carbocycles. The fraction of sp³-hybridized carbons (Fsp3) is 0.733. The molecule has 7 heteroatoms. The predicted octanol–water partition coefficient (Wildman–Crippen LogP) is 4.51. The fourth-order valence-corrected chi connectivity index (χ4v) is 9.20. The van der Waals surface area contributed by atoms with E-state index in [4.69, 9.17) is 10.5 Å². The summed E-state index contributed by atoms with van der Waals surface area (Å²) in [6.45, 7) is 4.42. The molecule has 5 N–H and O–H groups in total. The minimum Gasteiger partial charge on any atom is -0.481 e. The van der Waals surface area contributed by atoms with Crippen LogP contribution in [0, 0.1) is 34.5 Å². The molecule has 4 fully saturated rings. The lowest BCUT2D eigenvalue weighted by Crippen LogP contribution is -2.66. The lowest BCUT2D eigenvalue weighted by molar-refractivity contribution is -0.157. The number of ether oxygens (including phenoxy) is 1. The third kappa shape index (κ3) is 4.46. The van der Waals surface area contributed by atoms with E-state index in [1.807, 2.05) is 30.3 Å². The van der Waals surface area contributed by atoms with E-state index in [1.165, 1.54) is 0 Å². The van der Waals surface area contributed by atoms with Gasteiger partial charge in [-0.1, -0.05) is 44.2 Å². The van der Waals surface area contributed by atoms with Crippen LogP contribution < -0.4 is 11.1 Å². The van der Waals surface area contributed by atoms with Gasteiger partial charge in [0.25, 0.3) is 0 Å². The Morgan fingerprint density at radius 2 is 1.81 bits per heavy atom. The molecule has 9 atom stereocenters. The van der Waals surface area contributed by atoms with Crippen LogP contribution >= 0.6 is 0 Å². The molecule has 4 aliphatic carbocycles. The summed E-state index contributed by atoms with van der Waals surface area (Å²) < 4.78 is 5.89. The SMILES string of the molecule is C[C@]12CC[C@H](OC(=O)NC(CO)Cc3ccccc3)C[C@H]1CC[C@@H]1[C@@H]2CC[C@]2(C)[C@@H](C(=O)O)CC[C@]12N. The maximum atomic E-state index is 12.7. The Morgan fingerprint density at radius 1 is 1.05 bits per heavy atom. The standard InChI is InChI=1S/C30H44N2O5/c1-28-13-10-22(37-27(36)32-21(18-33)16-19-6-4-3-5-7-19)17-20(28)8-9-24-23(28)11-14-29(2)25(26(34)35)12-15-30(24,29)31/h3-7,20-25,33H,8-18,31H2,1-2H3,(H,32,36)(H,34,35)/t20-,21?,22+,23+,24-,25-,28+,29-,30+/m1/s1. The van der Waals surface area contributed by atoms with E-state index < -0.39 is 17.6 Å². The summed E-state index contributed by atoms with van der Waals surface area (Å²) in [6, 6.07) is 9.45. The van der Waals surface area contributed by atoms with Gasteiger partial charge in [-0.15, -0.1) is 0 Å². The van der Waals surface area contributed by atoms with Gasteiger partial charge in [0.2, 0.25) is 0 Å². The number of rotatable bonds is 6. The van der Waals surface area contributed by atoms with Gasteiger partial charge in [-0.3, -0.25) is 4.79 Å². The van der Waals surface area contributed by atoms with E-state index in [1.54, 1.807) is 0 Å². The molecule has 1 amide bonds. The third-order valence-corrected chi connectivity index (χ3v) is 11.4. The zero-order valence-electron chi connectivity index (χ0n) is 22.3. The summed E-state index contributed by atoms with van der Waals surface area (Å²) in [6.07, 6.45) is 8.21. The molecular formula is C30H44N2O5. The third-order valence-electron chi connectivity index (χ3n) is 11.4. The highest BCUT2D eigenvalue weighted by Gasteiger charge is 2.67. The maximum Gasteiger partial charge on any atom is 0.407 e. The van der Waals surface area contributed by atoms with Crippen molar-refractivity contribution in [2.24, 2.45) is 40.2 Å². The van der Waals surface area contributed by atoms with E-state index in [0.717, 1.165) is 56.9 Å². The number of benzene rings is 1. The molecule has 1 unspecified atom stereocenters. The topological polar surface area (TPSA) is 122 Å². The summed E-state index contributed by atoms with van der Waals surface area (Å²) in [7, 11) is 0. The summed E-state index contributed by atoms with van der Waals surface area (Å²) in [5.74, 6) is 0.313. The number of aliphatic carboxylic acids is 1. The van der Waals surface area contributed by atoms with Gasteiger partial charge in [0.05, 0.1) is 18.6 Å². The zero-order valence-corrected chi connectivity index (χ0v) is 22.3. The van der Waals surface area contributed by atoms with Gasteiger partial charge < -0.3 is 26.0 Å². The molecule has 0 spiro atoms. The monoisotopic (exact) mass is 512 g/mol. The first-order valence-electron chi connectivity index (χ1n) is 14.2. The molecule has 1 aromatic carbocycles. The lowest BCUT2D eigenvalue weighted by Gasteiger charge is -2.64. The number of carboxylic acid groups (broad SMARTS) is 1. The number of carbonyl (C=O) groups excluding carboxylic acids is 1. The Labute approximate surface area is 220 Å². The van der Waals surface area contributed by atoms with E-state index in [9.17, 15) is 19.8 Å². The van der Waals surface area contributed by atoms with Crippen molar-refractivity contribution in [1.82, 2.24) is 5.32 Å². The average molecular weight is 513 g/mol. The van der Waals surface area contributed by atoms with Crippen LogP contribution in [-0.2, 0) is 16.0 Å². The molecule has 37 heavy (non-hydrogen) atoms. The molecule has 0 bridgehead atoms. The van der Waals surface area contributed by atoms with Crippen LogP contribution in [0.15, 0.2) is 30.3 Å². The van der Waals surface area contributed by atoms with Crippen LogP contribution in [0.25, 0.3) is 0 Å². The van der Waals surface area contributed by atoms with Crippen LogP contribution in [0.1, 0.15) is 77.2 Å². The number of carboxylic acids is 1. The Bertz CT molecular complexity index is 1000. The van der Waals surface area contributed by atoms with Crippen molar-refractivity contribution >= 4 is 12.1 Å². The molecule has 1 aromatic rings. The number of aliphatic hydroxyl groups is 1. The number of carbonyl (C=O) groups is 2. The van der Waals surface area contributed by atoms with Crippen molar-refractivity contribution in [1.29, 1.82) is 0 Å². The molecule has 0 heterocycles. The summed E-state index contributed by atoms with van der Waals surface area (Å²) in [4.78, 5) is 24.8. The summed E-state index contributed by atoms with van der Waals surface area (Å²) in [5, 5.41) is 22.5. The number of alkyl carbamates (subject to hydrolysis) is 1. The van der Waals surface area contributed by atoms with E-state index >= 15 is 0 Å². The van der Waals surface area contributed by atoms with Gasteiger partial charge in [0.1, 0.15) is 6.10 Å². The Hall–Kier alpha value is -2.12. The molecule has 7 nitrogen and oxygen atoms in total. The number of aliphatic hydroxyl groups excluding tert-OH is 1. The molecule has 0 aliphatic heterocycles. The van der Waals surface area contributed by atoms with Gasteiger partial charge in [-0.05, 0) is 98.4 Å². The number of hydrogen-bond acceptors (Lipinski definition) is 5. The molecular weight excluding hydrogens is 468 g/mol. The first-order chi connectivity index (χ1) is 17.6. The van der Waals surface area contributed by atoms with Crippen LogP contribution in [0.3, 0.4) is 0 Å². The second-order valence-corrected chi connectivity index (χ2v) is 12.9. The van der Waals surface area contributed by atoms with Gasteiger partial charge >= 0.3 is 12.1 Å². The van der Waals surface area contributed by atoms with Crippen LogP contribution in [0.5, 0.6) is 0 Å². The van der Waals surface area contributed by atoms with Gasteiger partial charge in [0.15, 0.2) is 0 Å². The molecule has 5 rings (SSSR count). The van der Waals surface area contributed by atoms with Gasteiger partial charge in [-0.2, -0.15) is 0 Å². The number of nitrogens with one attached hydrogen (secondary N) is 1. The Morgan fingerprint density at radius 3 is 2.51 bits per heavy atom. The minimum atomic E-state index is -0.684. The number of fused-ring (bicyclic) bond motifs is 5.